The van der Waals surface area contributed by atoms with Gasteiger partial charge < -0.3 is 10.6 Å². The largest absolute Gasteiger partial charge is 0.418 e. The summed E-state index contributed by atoms with van der Waals surface area (Å²) < 4.78 is 68.5. The van der Waals surface area contributed by atoms with Crippen molar-refractivity contribution in [3.05, 3.63) is 126 Å². The molecule has 5 nitrogen and oxygen atoms in total. The number of benzene rings is 4. The number of para-hydroxylation sites is 1. The number of nitrogens with zero attached hydrogens (tertiary/aromatic N) is 1. The topological polar surface area (TPSA) is 71.1 Å². The van der Waals surface area contributed by atoms with Crippen LogP contribution in [-0.2, 0) is 6.18 Å². The zero-order chi connectivity index (χ0) is 28.4. The molecule has 5 rings (SSSR count). The molecule has 0 unspecified atom stereocenters. The molecule has 200 valence electrons. The molecule has 0 fully saturated rings. The Morgan fingerprint density at radius 1 is 0.775 bits per heavy atom. The third kappa shape index (κ3) is 5.37. The highest BCUT2D eigenvalue weighted by molar-refractivity contribution is 6.17. The predicted molar refractivity (Wildman–Crippen MR) is 141 cm³/mol. The molecule has 5 aromatic rings. The van der Waals surface area contributed by atoms with E-state index in [1.54, 1.807) is 42.5 Å². The Bertz CT molecular complexity index is 1750. The fourth-order valence-electron chi connectivity index (χ4n) is 4.31. The van der Waals surface area contributed by atoms with Crippen LogP contribution in [-0.4, -0.2) is 16.8 Å². The summed E-state index contributed by atoms with van der Waals surface area (Å²) in [6, 6.07) is 19.7. The summed E-state index contributed by atoms with van der Waals surface area (Å²) in [6.45, 7) is 0. The molecule has 0 radical (unpaired) electrons. The van der Waals surface area contributed by atoms with Crippen LogP contribution in [0.4, 0.5) is 38.1 Å². The first-order valence-electron chi connectivity index (χ1n) is 11.8. The molecule has 1 aromatic heterocycles. The van der Waals surface area contributed by atoms with E-state index in [4.69, 9.17) is 0 Å². The van der Waals surface area contributed by atoms with E-state index in [0.717, 1.165) is 24.4 Å². The van der Waals surface area contributed by atoms with Crippen molar-refractivity contribution < 1.29 is 31.5 Å². The molecule has 0 bridgehead atoms. The SMILES string of the molecule is O=C(Nc1cccc(-c2c(C(=O)c3ccccc3)cnc3c(C(F)(F)F)cccc23)c1)Nc1ccc(F)cc1F. The molecule has 2 amide bonds. The number of fused-ring (bicyclic) bond motifs is 1. The van der Waals surface area contributed by atoms with Gasteiger partial charge in [-0.15, -0.1) is 0 Å². The lowest BCUT2D eigenvalue weighted by Gasteiger charge is -2.16. The summed E-state index contributed by atoms with van der Waals surface area (Å²) in [4.78, 5) is 30.0. The lowest BCUT2D eigenvalue weighted by atomic mass is 9.91. The first-order valence-corrected chi connectivity index (χ1v) is 11.8. The van der Waals surface area contributed by atoms with E-state index in [2.05, 4.69) is 15.6 Å². The number of nitrogens with one attached hydrogen (secondary N) is 2. The van der Waals surface area contributed by atoms with E-state index in [1.807, 2.05) is 0 Å². The van der Waals surface area contributed by atoms with Crippen molar-refractivity contribution in [1.29, 1.82) is 0 Å². The smallest absolute Gasteiger partial charge is 0.308 e. The van der Waals surface area contributed by atoms with Gasteiger partial charge in [-0.25, -0.2) is 13.6 Å². The predicted octanol–water partition coefficient (Wildman–Crippen LogP) is 8.07. The van der Waals surface area contributed by atoms with Gasteiger partial charge >= 0.3 is 12.2 Å². The van der Waals surface area contributed by atoms with Crippen molar-refractivity contribution in [2.75, 3.05) is 10.6 Å². The summed E-state index contributed by atoms with van der Waals surface area (Å²) in [5.74, 6) is -2.24. The second-order valence-corrected chi connectivity index (χ2v) is 8.73. The van der Waals surface area contributed by atoms with E-state index in [9.17, 15) is 31.5 Å². The fraction of sp³-hybridized carbons (Fsp3) is 0.0333. The Kier molecular flexibility index (Phi) is 7.00. The van der Waals surface area contributed by atoms with Gasteiger partial charge in [0.1, 0.15) is 11.6 Å². The van der Waals surface area contributed by atoms with Gasteiger partial charge in [0.15, 0.2) is 5.78 Å². The van der Waals surface area contributed by atoms with Crippen molar-refractivity contribution in [1.82, 2.24) is 4.98 Å². The van der Waals surface area contributed by atoms with E-state index < -0.39 is 35.2 Å². The van der Waals surface area contributed by atoms with Crippen LogP contribution in [0.5, 0.6) is 0 Å². The molecular formula is C30H18F5N3O2. The summed E-state index contributed by atoms with van der Waals surface area (Å²) in [6.07, 6.45) is -3.57. The number of anilines is 2. The van der Waals surface area contributed by atoms with Gasteiger partial charge in [-0.1, -0.05) is 54.6 Å². The first kappa shape index (κ1) is 26.5. The maximum Gasteiger partial charge on any atom is 0.418 e. The summed E-state index contributed by atoms with van der Waals surface area (Å²) in [5.41, 5.74) is -0.453. The van der Waals surface area contributed by atoms with Gasteiger partial charge in [-0.05, 0) is 35.9 Å². The van der Waals surface area contributed by atoms with Gasteiger partial charge in [0, 0.05) is 40.0 Å². The minimum absolute atomic E-state index is 0.0630. The van der Waals surface area contributed by atoms with E-state index >= 15 is 0 Å². The fourth-order valence-corrected chi connectivity index (χ4v) is 4.31. The van der Waals surface area contributed by atoms with Crippen molar-refractivity contribution >= 4 is 34.1 Å². The minimum Gasteiger partial charge on any atom is -0.308 e. The second kappa shape index (κ2) is 10.6. The van der Waals surface area contributed by atoms with Crippen LogP contribution < -0.4 is 10.6 Å². The molecule has 4 aromatic carbocycles. The maximum atomic E-state index is 14.0. The molecule has 0 aliphatic rings. The third-order valence-corrected chi connectivity index (χ3v) is 6.07. The number of rotatable bonds is 5. The zero-order valence-electron chi connectivity index (χ0n) is 20.4. The highest BCUT2D eigenvalue weighted by atomic mass is 19.4. The molecule has 0 saturated heterocycles. The number of carbonyl (C=O) groups is 2. The van der Waals surface area contributed by atoms with Crippen LogP contribution in [0.3, 0.4) is 0 Å². The first-order chi connectivity index (χ1) is 19.1. The van der Waals surface area contributed by atoms with Crippen LogP contribution in [0.15, 0.2) is 97.2 Å². The molecule has 0 spiro atoms. The van der Waals surface area contributed by atoms with E-state index in [0.29, 0.717) is 17.2 Å². The summed E-state index contributed by atoms with van der Waals surface area (Å²) in [7, 11) is 0. The van der Waals surface area contributed by atoms with Crippen LogP contribution in [0, 0.1) is 11.6 Å². The second-order valence-electron chi connectivity index (χ2n) is 8.73. The highest BCUT2D eigenvalue weighted by Crippen LogP contribution is 2.39. The average molecular weight is 547 g/mol. The van der Waals surface area contributed by atoms with Gasteiger partial charge in [0.05, 0.1) is 16.8 Å². The number of halogens is 5. The Balaban J connectivity index is 1.60. The van der Waals surface area contributed by atoms with Gasteiger partial charge in [-0.2, -0.15) is 13.2 Å². The molecule has 0 aliphatic heterocycles. The number of hydrogen-bond acceptors (Lipinski definition) is 3. The van der Waals surface area contributed by atoms with Crippen LogP contribution in [0.1, 0.15) is 21.5 Å². The van der Waals surface area contributed by atoms with Crippen LogP contribution in [0.2, 0.25) is 0 Å². The number of amides is 2. The van der Waals surface area contributed by atoms with Crippen molar-refractivity contribution in [3.63, 3.8) is 0 Å². The quantitative estimate of drug-likeness (QED) is 0.173. The number of aromatic nitrogens is 1. The highest BCUT2D eigenvalue weighted by Gasteiger charge is 2.34. The van der Waals surface area contributed by atoms with Crippen molar-refractivity contribution in [2.24, 2.45) is 0 Å². The van der Waals surface area contributed by atoms with Crippen molar-refractivity contribution in [3.8, 4) is 11.1 Å². The molecule has 0 saturated carbocycles. The molecule has 0 atom stereocenters. The monoisotopic (exact) mass is 547 g/mol. The lowest BCUT2D eigenvalue weighted by Crippen LogP contribution is -2.20. The Labute approximate surface area is 224 Å². The third-order valence-electron chi connectivity index (χ3n) is 6.07. The lowest BCUT2D eigenvalue weighted by molar-refractivity contribution is -0.136. The average Bonchev–Trinajstić information content (AvgIpc) is 2.93. The molecule has 40 heavy (non-hydrogen) atoms. The van der Waals surface area contributed by atoms with Crippen LogP contribution >= 0.6 is 0 Å². The van der Waals surface area contributed by atoms with E-state index in [1.165, 1.54) is 24.3 Å². The van der Waals surface area contributed by atoms with Gasteiger partial charge in [0.25, 0.3) is 0 Å². The molecule has 10 heteroatoms. The molecule has 2 N–H and O–H groups in total. The van der Waals surface area contributed by atoms with E-state index in [-0.39, 0.29) is 33.4 Å². The minimum atomic E-state index is -4.69. The number of pyridine rings is 1. The summed E-state index contributed by atoms with van der Waals surface area (Å²) in [5, 5.41) is 4.87. The number of ketones is 1. The number of carbonyl (C=O) groups excluding carboxylic acids is 2. The molecule has 1 heterocycles. The Hall–Kier alpha value is -5.12. The Morgan fingerprint density at radius 3 is 2.25 bits per heavy atom. The molecule has 0 aliphatic carbocycles. The maximum absolute atomic E-state index is 14.0. The Morgan fingerprint density at radius 2 is 1.52 bits per heavy atom. The van der Waals surface area contributed by atoms with Gasteiger partial charge in [-0.3, -0.25) is 9.78 Å². The zero-order valence-corrected chi connectivity index (χ0v) is 20.4. The van der Waals surface area contributed by atoms with Gasteiger partial charge in [0.2, 0.25) is 0 Å². The molecular weight excluding hydrogens is 529 g/mol. The standard InChI is InChI=1S/C30H18F5N3O2/c31-19-12-13-25(24(32)15-19)38-29(40)37-20-9-4-8-18(14-20)26-21-10-5-11-23(30(33,34)35)27(21)36-16-22(26)28(39)17-6-2-1-3-7-17/h1-16H,(H2,37,38,40). The number of alkyl halides is 3. The normalized spacial score (nSPS) is 11.3. The summed E-state index contributed by atoms with van der Waals surface area (Å²) >= 11 is 0. The van der Waals surface area contributed by atoms with Crippen molar-refractivity contribution in [2.45, 2.75) is 6.18 Å². The number of urea groups is 1. The number of hydrogen-bond donors (Lipinski definition) is 2. The van der Waals surface area contributed by atoms with Crippen LogP contribution in [0.25, 0.3) is 22.0 Å².